The van der Waals surface area contributed by atoms with Crippen molar-refractivity contribution in [3.05, 3.63) is 77.4 Å². The number of ether oxygens (including phenoxy) is 3. The number of rotatable bonds is 9. The molecule has 0 unspecified atom stereocenters. The fraction of sp³-hybridized carbons (Fsp3) is 0.208. The Kier molecular flexibility index (Phi) is 8.10. The van der Waals surface area contributed by atoms with Crippen molar-refractivity contribution in [1.29, 1.82) is 0 Å². The van der Waals surface area contributed by atoms with E-state index in [0.29, 0.717) is 18.1 Å². The maximum Gasteiger partial charge on any atom is 0.178 e. The number of carbonyl (C=O) groups excluding carboxylic acids is 1. The summed E-state index contributed by atoms with van der Waals surface area (Å²) in [5, 5.41) is 0. The molecule has 0 aliphatic carbocycles. The van der Waals surface area contributed by atoms with E-state index in [0.717, 1.165) is 16.9 Å². The second-order valence-electron chi connectivity index (χ2n) is 6.34. The lowest BCUT2D eigenvalue weighted by Gasteiger charge is -2.07. The summed E-state index contributed by atoms with van der Waals surface area (Å²) in [5.41, 5.74) is 3.01. The van der Waals surface area contributed by atoms with Crippen molar-refractivity contribution >= 4 is 17.9 Å². The molecule has 0 N–H and O–H groups in total. The first-order valence-corrected chi connectivity index (χ1v) is 9.00. The zero-order valence-electron chi connectivity index (χ0n) is 16.8. The topological polar surface area (TPSA) is 44.8 Å². The first kappa shape index (κ1) is 21.0. The first-order chi connectivity index (χ1) is 13.5. The summed E-state index contributed by atoms with van der Waals surface area (Å²) in [6.07, 6.45) is 8.61. The molecule has 0 spiro atoms. The average Bonchev–Trinajstić information content (AvgIpc) is 2.71. The van der Waals surface area contributed by atoms with Gasteiger partial charge in [0.15, 0.2) is 17.3 Å². The number of methoxy groups -OCH3 is 2. The Morgan fingerprint density at radius 1 is 0.857 bits per heavy atom. The van der Waals surface area contributed by atoms with Crippen LogP contribution in [0.2, 0.25) is 0 Å². The summed E-state index contributed by atoms with van der Waals surface area (Å²) in [5.74, 6) is 1.98. The Bertz CT molecular complexity index is 870. The highest BCUT2D eigenvalue weighted by Crippen LogP contribution is 2.27. The summed E-state index contributed by atoms with van der Waals surface area (Å²) in [7, 11) is 3.17. The summed E-state index contributed by atoms with van der Waals surface area (Å²) >= 11 is 0. The monoisotopic (exact) mass is 378 g/mol. The van der Waals surface area contributed by atoms with Gasteiger partial charge in [0.2, 0.25) is 0 Å². The SMILES string of the molecule is COc1ccc(/C=C/C(=O)/C=C/c2ccc(OCC=C(C)C)cc2)cc1OC. The number of hydrogen-bond acceptors (Lipinski definition) is 4. The molecule has 146 valence electrons. The van der Waals surface area contributed by atoms with Gasteiger partial charge in [-0.05, 0) is 67.5 Å². The van der Waals surface area contributed by atoms with Gasteiger partial charge in [-0.2, -0.15) is 0 Å². The highest BCUT2D eigenvalue weighted by Gasteiger charge is 2.02. The molecule has 0 radical (unpaired) electrons. The lowest BCUT2D eigenvalue weighted by Crippen LogP contribution is -1.93. The number of hydrogen-bond donors (Lipinski definition) is 0. The zero-order valence-corrected chi connectivity index (χ0v) is 16.8. The quantitative estimate of drug-likeness (QED) is 0.436. The maximum atomic E-state index is 12.1. The van der Waals surface area contributed by atoms with Crippen molar-refractivity contribution < 1.29 is 19.0 Å². The third kappa shape index (κ3) is 6.80. The highest BCUT2D eigenvalue weighted by molar-refractivity contribution is 6.04. The van der Waals surface area contributed by atoms with Crippen molar-refractivity contribution in [2.24, 2.45) is 0 Å². The van der Waals surface area contributed by atoms with Crippen LogP contribution in [-0.2, 0) is 4.79 Å². The fourth-order valence-corrected chi connectivity index (χ4v) is 2.35. The van der Waals surface area contributed by atoms with E-state index in [1.807, 2.05) is 56.3 Å². The van der Waals surface area contributed by atoms with Gasteiger partial charge < -0.3 is 14.2 Å². The second-order valence-corrected chi connectivity index (χ2v) is 6.34. The fourth-order valence-electron chi connectivity index (χ4n) is 2.35. The van der Waals surface area contributed by atoms with Gasteiger partial charge in [-0.1, -0.05) is 35.9 Å². The molecular formula is C24H26O4. The van der Waals surface area contributed by atoms with E-state index < -0.39 is 0 Å². The molecule has 0 saturated heterocycles. The number of ketones is 1. The highest BCUT2D eigenvalue weighted by atomic mass is 16.5. The molecule has 0 bridgehead atoms. The smallest absolute Gasteiger partial charge is 0.178 e. The number of benzene rings is 2. The second kappa shape index (κ2) is 10.8. The number of allylic oxidation sites excluding steroid dienone is 3. The van der Waals surface area contributed by atoms with Crippen LogP contribution < -0.4 is 14.2 Å². The van der Waals surface area contributed by atoms with Gasteiger partial charge in [0.1, 0.15) is 12.4 Å². The molecule has 0 aromatic heterocycles. The van der Waals surface area contributed by atoms with E-state index in [9.17, 15) is 4.79 Å². The first-order valence-electron chi connectivity index (χ1n) is 9.00. The van der Waals surface area contributed by atoms with Gasteiger partial charge in [0, 0.05) is 0 Å². The van der Waals surface area contributed by atoms with E-state index in [1.54, 1.807) is 32.4 Å². The Morgan fingerprint density at radius 2 is 1.46 bits per heavy atom. The van der Waals surface area contributed by atoms with E-state index in [-0.39, 0.29) is 5.78 Å². The molecule has 0 aliphatic heterocycles. The molecular weight excluding hydrogens is 352 g/mol. The molecule has 0 saturated carbocycles. The van der Waals surface area contributed by atoms with Crippen molar-refractivity contribution in [1.82, 2.24) is 0 Å². The van der Waals surface area contributed by atoms with Crippen LogP contribution in [0.3, 0.4) is 0 Å². The Balaban J connectivity index is 1.94. The van der Waals surface area contributed by atoms with Crippen molar-refractivity contribution in [3.63, 3.8) is 0 Å². The molecule has 4 heteroatoms. The Labute approximate surface area is 166 Å². The normalized spacial score (nSPS) is 10.9. The minimum atomic E-state index is -0.0985. The van der Waals surface area contributed by atoms with Crippen molar-refractivity contribution in [2.45, 2.75) is 13.8 Å². The predicted octanol–water partition coefficient (Wildman–Crippen LogP) is 5.34. The average molecular weight is 378 g/mol. The van der Waals surface area contributed by atoms with Gasteiger partial charge in [-0.3, -0.25) is 4.79 Å². The molecule has 0 heterocycles. The van der Waals surface area contributed by atoms with Crippen LogP contribution in [-0.4, -0.2) is 26.6 Å². The summed E-state index contributed by atoms with van der Waals surface area (Å²) in [4.78, 5) is 12.1. The summed E-state index contributed by atoms with van der Waals surface area (Å²) in [6, 6.07) is 13.1. The zero-order chi connectivity index (χ0) is 20.4. The molecule has 28 heavy (non-hydrogen) atoms. The van der Waals surface area contributed by atoms with Crippen LogP contribution in [0, 0.1) is 0 Å². The summed E-state index contributed by atoms with van der Waals surface area (Å²) in [6.45, 7) is 4.62. The van der Waals surface area contributed by atoms with Crippen molar-refractivity contribution in [3.8, 4) is 17.2 Å². The van der Waals surface area contributed by atoms with Gasteiger partial charge in [-0.15, -0.1) is 0 Å². The van der Waals surface area contributed by atoms with Gasteiger partial charge in [0.05, 0.1) is 14.2 Å². The lowest BCUT2D eigenvalue weighted by atomic mass is 10.1. The van der Waals surface area contributed by atoms with E-state index >= 15 is 0 Å². The largest absolute Gasteiger partial charge is 0.493 e. The lowest BCUT2D eigenvalue weighted by molar-refractivity contribution is -0.110. The molecule has 2 aromatic rings. The van der Waals surface area contributed by atoms with Crippen molar-refractivity contribution in [2.75, 3.05) is 20.8 Å². The van der Waals surface area contributed by atoms with Crippen LogP contribution in [0.5, 0.6) is 17.2 Å². The molecule has 0 fully saturated rings. The van der Waals surface area contributed by atoms with Crippen LogP contribution in [0.15, 0.2) is 66.3 Å². The van der Waals surface area contributed by atoms with E-state index in [1.165, 1.54) is 17.7 Å². The standard InChI is InChI=1S/C24H26O4/c1-18(2)15-16-28-22-12-7-19(8-13-22)5-10-21(25)11-6-20-9-14-23(26-3)24(17-20)27-4/h5-15,17H,16H2,1-4H3/b10-5+,11-6+. The summed E-state index contributed by atoms with van der Waals surface area (Å²) < 4.78 is 16.1. The van der Waals surface area contributed by atoms with Crippen LogP contribution in [0.1, 0.15) is 25.0 Å². The van der Waals surface area contributed by atoms with Gasteiger partial charge in [0.25, 0.3) is 0 Å². The molecule has 0 amide bonds. The van der Waals surface area contributed by atoms with Crippen LogP contribution >= 0.6 is 0 Å². The molecule has 0 atom stereocenters. The molecule has 2 aromatic carbocycles. The minimum Gasteiger partial charge on any atom is -0.493 e. The van der Waals surface area contributed by atoms with Crippen LogP contribution in [0.25, 0.3) is 12.2 Å². The van der Waals surface area contributed by atoms with E-state index in [4.69, 9.17) is 14.2 Å². The van der Waals surface area contributed by atoms with E-state index in [2.05, 4.69) is 0 Å². The number of carbonyl (C=O) groups is 1. The molecule has 2 rings (SSSR count). The third-order valence-corrected chi connectivity index (χ3v) is 3.91. The van der Waals surface area contributed by atoms with Crippen LogP contribution in [0.4, 0.5) is 0 Å². The maximum absolute atomic E-state index is 12.1. The van der Waals surface area contributed by atoms with Gasteiger partial charge >= 0.3 is 0 Å². The molecule has 0 aliphatic rings. The third-order valence-electron chi connectivity index (χ3n) is 3.91. The predicted molar refractivity (Wildman–Crippen MR) is 114 cm³/mol. The Morgan fingerprint density at radius 3 is 2.07 bits per heavy atom. The minimum absolute atomic E-state index is 0.0985. The molecule has 4 nitrogen and oxygen atoms in total. The van der Waals surface area contributed by atoms with Gasteiger partial charge in [-0.25, -0.2) is 0 Å². The Hall–Kier alpha value is -3.27.